The maximum absolute atomic E-state index is 11.9. The number of carbonyl (C=O) groups excluding carboxylic acids is 1. The van der Waals surface area contributed by atoms with E-state index >= 15 is 0 Å². The molecule has 1 amide bonds. The predicted molar refractivity (Wildman–Crippen MR) is 82.0 cm³/mol. The summed E-state index contributed by atoms with van der Waals surface area (Å²) in [6, 6.07) is 10.0. The number of amides is 1. The SMILES string of the molecule is CCc1sc(NC(=O)[C@@H]2CCN2)nc1-c1ccccc1. The topological polar surface area (TPSA) is 54.0 Å². The minimum Gasteiger partial charge on any atom is -0.306 e. The first-order valence-electron chi connectivity index (χ1n) is 6.87. The smallest absolute Gasteiger partial charge is 0.243 e. The zero-order chi connectivity index (χ0) is 13.9. The highest BCUT2D eigenvalue weighted by Crippen LogP contribution is 2.31. The van der Waals surface area contributed by atoms with Gasteiger partial charge in [0.15, 0.2) is 5.13 Å². The molecule has 2 heterocycles. The number of benzene rings is 1. The van der Waals surface area contributed by atoms with Crippen molar-refractivity contribution in [3.05, 3.63) is 35.2 Å². The van der Waals surface area contributed by atoms with Gasteiger partial charge in [-0.25, -0.2) is 4.98 Å². The third-order valence-electron chi connectivity index (χ3n) is 3.44. The fourth-order valence-electron chi connectivity index (χ4n) is 2.17. The van der Waals surface area contributed by atoms with Crippen LogP contribution in [0.1, 0.15) is 18.2 Å². The average Bonchev–Trinajstić information content (AvgIpc) is 2.80. The molecule has 1 fully saturated rings. The van der Waals surface area contributed by atoms with Crippen LogP contribution in [0.4, 0.5) is 5.13 Å². The highest BCUT2D eigenvalue weighted by atomic mass is 32.1. The van der Waals surface area contributed by atoms with Crippen molar-refractivity contribution in [2.45, 2.75) is 25.8 Å². The standard InChI is InChI=1S/C15H17N3OS/c1-2-12-13(10-6-4-3-5-7-10)17-15(20-12)18-14(19)11-8-9-16-11/h3-7,11,16H,2,8-9H2,1H3,(H,17,18,19)/t11-/m0/s1. The van der Waals surface area contributed by atoms with Crippen molar-refractivity contribution in [1.29, 1.82) is 0 Å². The van der Waals surface area contributed by atoms with Gasteiger partial charge in [0, 0.05) is 10.4 Å². The van der Waals surface area contributed by atoms with Gasteiger partial charge in [0.25, 0.3) is 0 Å². The van der Waals surface area contributed by atoms with E-state index in [0.717, 1.165) is 30.6 Å². The van der Waals surface area contributed by atoms with E-state index in [9.17, 15) is 4.79 Å². The average molecular weight is 287 g/mol. The molecule has 2 N–H and O–H groups in total. The predicted octanol–water partition coefficient (Wildman–Crippen LogP) is 2.67. The van der Waals surface area contributed by atoms with Gasteiger partial charge in [-0.2, -0.15) is 0 Å². The van der Waals surface area contributed by atoms with Crippen molar-refractivity contribution in [2.24, 2.45) is 0 Å². The first kappa shape index (κ1) is 13.3. The summed E-state index contributed by atoms with van der Waals surface area (Å²) >= 11 is 1.56. The molecule has 0 aliphatic carbocycles. The van der Waals surface area contributed by atoms with E-state index in [1.807, 2.05) is 30.3 Å². The molecule has 0 bridgehead atoms. The number of hydrogen-bond acceptors (Lipinski definition) is 4. The van der Waals surface area contributed by atoms with Crippen LogP contribution in [-0.4, -0.2) is 23.5 Å². The van der Waals surface area contributed by atoms with Gasteiger partial charge in [-0.3, -0.25) is 4.79 Å². The summed E-state index contributed by atoms with van der Waals surface area (Å²) in [6.45, 7) is 3.03. The molecule has 1 aromatic carbocycles. The summed E-state index contributed by atoms with van der Waals surface area (Å²) in [5.74, 6) is 0.0206. The third-order valence-corrected chi connectivity index (χ3v) is 4.55. The van der Waals surface area contributed by atoms with Crippen LogP contribution < -0.4 is 10.6 Å². The molecule has 1 saturated heterocycles. The Balaban J connectivity index is 1.83. The summed E-state index contributed by atoms with van der Waals surface area (Å²) in [5, 5.41) is 6.71. The maximum atomic E-state index is 11.9. The van der Waals surface area contributed by atoms with E-state index in [-0.39, 0.29) is 11.9 Å². The second-order valence-electron chi connectivity index (χ2n) is 4.80. The fraction of sp³-hybridized carbons (Fsp3) is 0.333. The van der Waals surface area contributed by atoms with Gasteiger partial charge >= 0.3 is 0 Å². The van der Waals surface area contributed by atoms with E-state index in [4.69, 9.17) is 0 Å². The molecule has 5 heteroatoms. The van der Waals surface area contributed by atoms with E-state index in [1.54, 1.807) is 11.3 Å². The molecule has 3 rings (SSSR count). The molecule has 2 aromatic rings. The molecule has 1 atom stereocenters. The normalized spacial score (nSPS) is 17.6. The Kier molecular flexibility index (Phi) is 3.80. The first-order chi connectivity index (χ1) is 9.78. The molecule has 1 aliphatic rings. The molecule has 0 saturated carbocycles. The van der Waals surface area contributed by atoms with Gasteiger partial charge < -0.3 is 10.6 Å². The van der Waals surface area contributed by atoms with Crippen LogP contribution in [0.25, 0.3) is 11.3 Å². The molecular formula is C15H17N3OS. The molecule has 4 nitrogen and oxygen atoms in total. The van der Waals surface area contributed by atoms with E-state index < -0.39 is 0 Å². The highest BCUT2D eigenvalue weighted by Gasteiger charge is 2.25. The third kappa shape index (κ3) is 2.59. The molecule has 20 heavy (non-hydrogen) atoms. The largest absolute Gasteiger partial charge is 0.306 e. The fourth-order valence-corrected chi connectivity index (χ4v) is 3.10. The first-order valence-corrected chi connectivity index (χ1v) is 7.69. The molecule has 1 aliphatic heterocycles. The number of nitrogens with zero attached hydrogens (tertiary/aromatic N) is 1. The Bertz CT molecular complexity index is 605. The lowest BCUT2D eigenvalue weighted by atomic mass is 10.1. The van der Waals surface area contributed by atoms with Crippen molar-refractivity contribution >= 4 is 22.4 Å². The minimum atomic E-state index is -0.0517. The summed E-state index contributed by atoms with van der Waals surface area (Å²) < 4.78 is 0. The van der Waals surface area contributed by atoms with Crippen LogP contribution in [0, 0.1) is 0 Å². The van der Waals surface area contributed by atoms with Crippen molar-refractivity contribution in [3.8, 4) is 11.3 Å². The van der Waals surface area contributed by atoms with E-state index in [2.05, 4.69) is 22.5 Å². The molecule has 0 unspecified atom stereocenters. The number of thiazole rings is 1. The van der Waals surface area contributed by atoms with Crippen molar-refractivity contribution in [1.82, 2.24) is 10.3 Å². The van der Waals surface area contributed by atoms with Gasteiger partial charge in [0.2, 0.25) is 5.91 Å². The molecule has 0 spiro atoms. The Morgan fingerprint density at radius 3 is 2.80 bits per heavy atom. The summed E-state index contributed by atoms with van der Waals surface area (Å²) in [4.78, 5) is 17.7. The van der Waals surface area contributed by atoms with Crippen LogP contribution in [0.2, 0.25) is 0 Å². The highest BCUT2D eigenvalue weighted by molar-refractivity contribution is 7.16. The van der Waals surface area contributed by atoms with Crippen LogP contribution >= 0.6 is 11.3 Å². The maximum Gasteiger partial charge on any atom is 0.243 e. The van der Waals surface area contributed by atoms with Gasteiger partial charge in [0.1, 0.15) is 0 Å². The van der Waals surface area contributed by atoms with E-state index in [1.165, 1.54) is 4.88 Å². The number of rotatable bonds is 4. The number of anilines is 1. The quantitative estimate of drug-likeness (QED) is 0.909. The number of aryl methyl sites for hydroxylation is 1. The molecule has 1 aromatic heterocycles. The van der Waals surface area contributed by atoms with E-state index in [0.29, 0.717) is 5.13 Å². The molecule has 104 valence electrons. The Morgan fingerprint density at radius 2 is 2.20 bits per heavy atom. The monoisotopic (exact) mass is 287 g/mol. The van der Waals surface area contributed by atoms with Crippen molar-refractivity contribution in [2.75, 3.05) is 11.9 Å². The van der Waals surface area contributed by atoms with Crippen molar-refractivity contribution in [3.63, 3.8) is 0 Å². The lowest BCUT2D eigenvalue weighted by molar-refractivity contribution is -0.119. The van der Waals surface area contributed by atoms with Gasteiger partial charge in [0.05, 0.1) is 11.7 Å². The lowest BCUT2D eigenvalue weighted by Gasteiger charge is -2.25. The van der Waals surface area contributed by atoms with Crippen LogP contribution in [-0.2, 0) is 11.2 Å². The second kappa shape index (κ2) is 5.73. The number of carbonyl (C=O) groups is 1. The van der Waals surface area contributed by atoms with Crippen LogP contribution in [0.3, 0.4) is 0 Å². The zero-order valence-corrected chi connectivity index (χ0v) is 12.2. The molecule has 0 radical (unpaired) electrons. The lowest BCUT2D eigenvalue weighted by Crippen LogP contribution is -2.50. The van der Waals surface area contributed by atoms with Gasteiger partial charge in [-0.05, 0) is 19.4 Å². The number of aromatic nitrogens is 1. The Labute approximate surface area is 122 Å². The second-order valence-corrected chi connectivity index (χ2v) is 5.88. The van der Waals surface area contributed by atoms with Crippen LogP contribution in [0.15, 0.2) is 30.3 Å². The Hall–Kier alpha value is -1.72. The zero-order valence-electron chi connectivity index (χ0n) is 11.3. The molecular weight excluding hydrogens is 270 g/mol. The number of nitrogens with one attached hydrogen (secondary N) is 2. The number of hydrogen-bond donors (Lipinski definition) is 2. The minimum absolute atomic E-state index is 0.0206. The summed E-state index contributed by atoms with van der Waals surface area (Å²) in [6.07, 6.45) is 1.82. The summed E-state index contributed by atoms with van der Waals surface area (Å²) in [5.41, 5.74) is 2.08. The Morgan fingerprint density at radius 1 is 1.45 bits per heavy atom. The van der Waals surface area contributed by atoms with Gasteiger partial charge in [-0.1, -0.05) is 37.3 Å². The van der Waals surface area contributed by atoms with Crippen molar-refractivity contribution < 1.29 is 4.79 Å². The summed E-state index contributed by atoms with van der Waals surface area (Å²) in [7, 11) is 0. The van der Waals surface area contributed by atoms with Gasteiger partial charge in [-0.15, -0.1) is 11.3 Å². The van der Waals surface area contributed by atoms with Crippen LogP contribution in [0.5, 0.6) is 0 Å².